The van der Waals surface area contributed by atoms with Crippen molar-refractivity contribution >= 4 is 5.91 Å². The van der Waals surface area contributed by atoms with Crippen LogP contribution in [0, 0.1) is 0 Å². The molecule has 110 valence electrons. The first kappa shape index (κ1) is 13.7. The molecule has 1 N–H and O–H groups in total. The number of hydrogen-bond acceptors (Lipinski definition) is 5. The average molecular weight is 286 g/mol. The summed E-state index contributed by atoms with van der Waals surface area (Å²) in [6.45, 7) is 1.95. The summed E-state index contributed by atoms with van der Waals surface area (Å²) in [6, 6.07) is 7.64. The minimum absolute atomic E-state index is 0.0603. The highest BCUT2D eigenvalue weighted by Crippen LogP contribution is 2.15. The molecule has 2 aromatic rings. The van der Waals surface area contributed by atoms with Gasteiger partial charge < -0.3 is 10.2 Å². The highest BCUT2D eigenvalue weighted by Gasteiger charge is 2.22. The van der Waals surface area contributed by atoms with Gasteiger partial charge >= 0.3 is 0 Å². The SMILES string of the molecule is CN(C(=O)c1ccc(-n2cnnn2)cc1)C1CCNCC1. The molecule has 0 spiro atoms. The fourth-order valence-electron chi connectivity index (χ4n) is 2.60. The maximum absolute atomic E-state index is 12.5. The molecule has 7 heteroatoms. The van der Waals surface area contributed by atoms with Gasteiger partial charge in [0.25, 0.3) is 5.91 Å². The lowest BCUT2D eigenvalue weighted by Gasteiger charge is -2.31. The van der Waals surface area contributed by atoms with Gasteiger partial charge in [0, 0.05) is 18.7 Å². The number of aromatic nitrogens is 4. The minimum atomic E-state index is 0.0603. The minimum Gasteiger partial charge on any atom is -0.339 e. The highest BCUT2D eigenvalue weighted by molar-refractivity contribution is 5.94. The summed E-state index contributed by atoms with van der Waals surface area (Å²) in [4.78, 5) is 14.4. The van der Waals surface area contributed by atoms with Crippen LogP contribution in [0.3, 0.4) is 0 Å². The second kappa shape index (κ2) is 6.01. The summed E-state index contributed by atoms with van der Waals surface area (Å²) in [5, 5.41) is 14.3. The summed E-state index contributed by atoms with van der Waals surface area (Å²) >= 11 is 0. The molecule has 1 aliphatic rings. The Morgan fingerprint density at radius 3 is 2.62 bits per heavy atom. The van der Waals surface area contributed by atoms with E-state index < -0.39 is 0 Å². The number of rotatable bonds is 3. The Hall–Kier alpha value is -2.28. The number of tetrazole rings is 1. The van der Waals surface area contributed by atoms with E-state index in [4.69, 9.17) is 0 Å². The lowest BCUT2D eigenvalue weighted by atomic mass is 10.0. The molecule has 0 aliphatic carbocycles. The van der Waals surface area contributed by atoms with E-state index in [9.17, 15) is 4.79 Å². The maximum atomic E-state index is 12.5. The first-order chi connectivity index (χ1) is 10.3. The zero-order valence-corrected chi connectivity index (χ0v) is 11.9. The summed E-state index contributed by atoms with van der Waals surface area (Å²) in [7, 11) is 1.88. The maximum Gasteiger partial charge on any atom is 0.253 e. The molecule has 0 saturated carbocycles. The van der Waals surface area contributed by atoms with Gasteiger partial charge in [-0.2, -0.15) is 0 Å². The fraction of sp³-hybridized carbons (Fsp3) is 0.429. The number of piperidine rings is 1. The van der Waals surface area contributed by atoms with Gasteiger partial charge in [-0.15, -0.1) is 5.10 Å². The Morgan fingerprint density at radius 1 is 1.29 bits per heavy atom. The van der Waals surface area contributed by atoms with Crippen LogP contribution in [0.25, 0.3) is 5.69 Å². The van der Waals surface area contributed by atoms with Gasteiger partial charge in [0.1, 0.15) is 6.33 Å². The molecule has 3 rings (SSSR count). The molecule has 7 nitrogen and oxygen atoms in total. The molecule has 0 bridgehead atoms. The Balaban J connectivity index is 1.72. The Labute approximate surface area is 122 Å². The zero-order chi connectivity index (χ0) is 14.7. The van der Waals surface area contributed by atoms with E-state index in [1.54, 1.807) is 4.68 Å². The summed E-state index contributed by atoms with van der Waals surface area (Å²) in [5.41, 5.74) is 1.52. The molecule has 0 atom stereocenters. The van der Waals surface area contributed by atoms with Gasteiger partial charge in [-0.3, -0.25) is 4.79 Å². The number of carbonyl (C=O) groups excluding carboxylic acids is 1. The molecular weight excluding hydrogens is 268 g/mol. The summed E-state index contributed by atoms with van der Waals surface area (Å²) < 4.78 is 1.56. The van der Waals surface area contributed by atoms with E-state index in [2.05, 4.69) is 20.8 Å². The van der Waals surface area contributed by atoms with Gasteiger partial charge in [-0.05, 0) is 60.6 Å². The first-order valence-electron chi connectivity index (χ1n) is 7.07. The van der Waals surface area contributed by atoms with Gasteiger partial charge in [0.2, 0.25) is 0 Å². The molecule has 1 aromatic heterocycles. The normalized spacial score (nSPS) is 15.9. The van der Waals surface area contributed by atoms with Gasteiger partial charge in [0.05, 0.1) is 5.69 Å². The average Bonchev–Trinajstić information content (AvgIpc) is 3.09. The van der Waals surface area contributed by atoms with Crippen molar-refractivity contribution in [2.75, 3.05) is 20.1 Å². The van der Waals surface area contributed by atoms with Crippen molar-refractivity contribution in [3.63, 3.8) is 0 Å². The molecule has 0 radical (unpaired) electrons. The van der Waals surface area contributed by atoms with Crippen molar-refractivity contribution in [2.24, 2.45) is 0 Å². The molecule has 1 fully saturated rings. The van der Waals surface area contributed by atoms with E-state index >= 15 is 0 Å². The first-order valence-corrected chi connectivity index (χ1v) is 7.07. The van der Waals surface area contributed by atoms with Gasteiger partial charge in [-0.1, -0.05) is 0 Å². The third kappa shape index (κ3) is 2.92. The predicted octanol–water partition coefficient (Wildman–Crippen LogP) is 0.486. The lowest BCUT2D eigenvalue weighted by molar-refractivity contribution is 0.0703. The van der Waals surface area contributed by atoms with Crippen LogP contribution in [-0.4, -0.2) is 57.2 Å². The third-order valence-electron chi connectivity index (χ3n) is 3.90. The van der Waals surface area contributed by atoms with Gasteiger partial charge in [-0.25, -0.2) is 4.68 Å². The van der Waals surface area contributed by atoms with E-state index in [1.165, 1.54) is 6.33 Å². The van der Waals surface area contributed by atoms with Crippen molar-refractivity contribution in [1.82, 2.24) is 30.4 Å². The number of carbonyl (C=O) groups is 1. The topological polar surface area (TPSA) is 75.9 Å². The number of nitrogens with zero attached hydrogens (tertiary/aromatic N) is 5. The van der Waals surface area contributed by atoms with E-state index in [0.717, 1.165) is 31.6 Å². The van der Waals surface area contributed by atoms with Crippen molar-refractivity contribution in [3.05, 3.63) is 36.2 Å². The standard InChI is InChI=1S/C14H18N6O/c1-19(12-6-8-15-9-7-12)14(21)11-2-4-13(5-3-11)20-10-16-17-18-20/h2-5,10,12,15H,6-9H2,1H3. The van der Waals surface area contributed by atoms with Crippen LogP contribution in [0.5, 0.6) is 0 Å². The second-order valence-corrected chi connectivity index (χ2v) is 5.20. The lowest BCUT2D eigenvalue weighted by Crippen LogP contribution is -2.43. The molecule has 1 aromatic carbocycles. The van der Waals surface area contributed by atoms with Crippen molar-refractivity contribution in [1.29, 1.82) is 0 Å². The Kier molecular flexibility index (Phi) is 3.92. The third-order valence-corrected chi connectivity index (χ3v) is 3.90. The second-order valence-electron chi connectivity index (χ2n) is 5.20. The molecule has 1 saturated heterocycles. The fourth-order valence-corrected chi connectivity index (χ4v) is 2.60. The van der Waals surface area contributed by atoms with E-state index in [1.807, 2.05) is 36.2 Å². The van der Waals surface area contributed by atoms with Crippen LogP contribution in [0.4, 0.5) is 0 Å². The van der Waals surface area contributed by atoms with Crippen LogP contribution < -0.4 is 5.32 Å². The zero-order valence-electron chi connectivity index (χ0n) is 11.9. The quantitative estimate of drug-likeness (QED) is 0.888. The molecule has 1 aliphatic heterocycles. The van der Waals surface area contributed by atoms with Crippen molar-refractivity contribution in [3.8, 4) is 5.69 Å². The largest absolute Gasteiger partial charge is 0.339 e. The van der Waals surface area contributed by atoms with Gasteiger partial charge in [0.15, 0.2) is 0 Å². The highest BCUT2D eigenvalue weighted by atomic mass is 16.2. The van der Waals surface area contributed by atoms with Crippen LogP contribution in [-0.2, 0) is 0 Å². The van der Waals surface area contributed by atoms with E-state index in [0.29, 0.717) is 11.6 Å². The van der Waals surface area contributed by atoms with Crippen LogP contribution in [0.1, 0.15) is 23.2 Å². The predicted molar refractivity (Wildman–Crippen MR) is 77.1 cm³/mol. The molecule has 2 heterocycles. The Bertz CT molecular complexity index is 588. The number of benzene rings is 1. The Morgan fingerprint density at radius 2 is 2.00 bits per heavy atom. The summed E-state index contributed by atoms with van der Waals surface area (Å²) in [6.07, 6.45) is 3.54. The number of nitrogens with one attached hydrogen (secondary N) is 1. The number of amides is 1. The van der Waals surface area contributed by atoms with Crippen LogP contribution in [0.15, 0.2) is 30.6 Å². The molecule has 0 unspecified atom stereocenters. The molecule has 1 amide bonds. The van der Waals surface area contributed by atoms with Crippen molar-refractivity contribution in [2.45, 2.75) is 18.9 Å². The number of hydrogen-bond donors (Lipinski definition) is 1. The monoisotopic (exact) mass is 286 g/mol. The van der Waals surface area contributed by atoms with Crippen molar-refractivity contribution < 1.29 is 4.79 Å². The smallest absolute Gasteiger partial charge is 0.253 e. The van der Waals surface area contributed by atoms with Crippen LogP contribution >= 0.6 is 0 Å². The van der Waals surface area contributed by atoms with Crippen LogP contribution in [0.2, 0.25) is 0 Å². The molecular formula is C14H18N6O. The summed E-state index contributed by atoms with van der Waals surface area (Å²) in [5.74, 6) is 0.0603. The molecule has 21 heavy (non-hydrogen) atoms. The van der Waals surface area contributed by atoms with E-state index in [-0.39, 0.29) is 5.91 Å².